The summed E-state index contributed by atoms with van der Waals surface area (Å²) < 4.78 is 11.8. The lowest BCUT2D eigenvalue weighted by atomic mass is 9.75. The highest BCUT2D eigenvalue weighted by Crippen LogP contribution is 2.40. The molecule has 0 spiro atoms. The monoisotopic (exact) mass is 419 g/mol. The summed E-state index contributed by atoms with van der Waals surface area (Å²) in [7, 11) is 0. The van der Waals surface area contributed by atoms with Crippen molar-refractivity contribution >= 4 is 33.8 Å². The van der Waals surface area contributed by atoms with E-state index >= 15 is 0 Å². The Kier molecular flexibility index (Phi) is 4.80. The quantitative estimate of drug-likeness (QED) is 0.455. The number of rotatable bonds is 2. The molecule has 1 aromatic heterocycles. The van der Waals surface area contributed by atoms with Crippen LogP contribution in [-0.2, 0) is 4.74 Å². The second kappa shape index (κ2) is 7.40. The van der Waals surface area contributed by atoms with E-state index < -0.39 is 5.60 Å². The standard InChI is InChI=1S/C26H29NO4/c1-26(2,3)31-25(29)27-17-8-6-9-18(27)15-16(14-17)23(28)21-12-7-11-20-19-10-4-5-13-22(19)30-24(20)21/h4-5,7,10-13,16-18H,6,8-9,14-15H2,1-3H3. The van der Waals surface area contributed by atoms with E-state index in [1.54, 1.807) is 0 Å². The number of ether oxygens (including phenoxy) is 1. The van der Waals surface area contributed by atoms with Crippen molar-refractivity contribution in [3.8, 4) is 0 Å². The van der Waals surface area contributed by atoms with Gasteiger partial charge < -0.3 is 14.1 Å². The van der Waals surface area contributed by atoms with Gasteiger partial charge in [0.2, 0.25) is 0 Å². The molecule has 3 heterocycles. The second-order valence-electron chi connectivity index (χ2n) is 9.94. The van der Waals surface area contributed by atoms with Crippen LogP contribution in [0.5, 0.6) is 0 Å². The minimum Gasteiger partial charge on any atom is -0.455 e. The van der Waals surface area contributed by atoms with Crippen LogP contribution < -0.4 is 0 Å². The molecular formula is C26H29NO4. The molecule has 5 heteroatoms. The van der Waals surface area contributed by atoms with Crippen LogP contribution >= 0.6 is 0 Å². The number of hydrogen-bond acceptors (Lipinski definition) is 4. The molecule has 0 N–H and O–H groups in total. The third kappa shape index (κ3) is 3.60. The number of piperidine rings is 2. The summed E-state index contributed by atoms with van der Waals surface area (Å²) in [6.45, 7) is 5.68. The minimum atomic E-state index is -0.519. The van der Waals surface area contributed by atoms with Crippen molar-refractivity contribution in [1.29, 1.82) is 0 Å². The predicted octanol–water partition coefficient (Wildman–Crippen LogP) is 6.34. The van der Waals surface area contributed by atoms with E-state index in [1.165, 1.54) is 0 Å². The number of benzene rings is 2. The van der Waals surface area contributed by atoms with Gasteiger partial charge >= 0.3 is 6.09 Å². The highest BCUT2D eigenvalue weighted by atomic mass is 16.6. The van der Waals surface area contributed by atoms with Gasteiger partial charge in [-0.05, 0) is 65.0 Å². The van der Waals surface area contributed by atoms with Gasteiger partial charge in [-0.15, -0.1) is 0 Å². The summed E-state index contributed by atoms with van der Waals surface area (Å²) in [6, 6.07) is 13.8. The van der Waals surface area contributed by atoms with Crippen LogP contribution in [0.4, 0.5) is 4.79 Å². The van der Waals surface area contributed by atoms with Crippen LogP contribution in [-0.4, -0.2) is 34.5 Å². The van der Waals surface area contributed by atoms with Crippen LogP contribution in [0.1, 0.15) is 63.2 Å². The first kappa shape index (κ1) is 20.1. The molecule has 1 amide bonds. The largest absolute Gasteiger partial charge is 0.455 e. The predicted molar refractivity (Wildman–Crippen MR) is 120 cm³/mol. The van der Waals surface area contributed by atoms with Gasteiger partial charge in [-0.1, -0.05) is 30.3 Å². The van der Waals surface area contributed by atoms with Gasteiger partial charge in [0, 0.05) is 28.8 Å². The van der Waals surface area contributed by atoms with E-state index in [9.17, 15) is 9.59 Å². The molecule has 2 atom stereocenters. The Hall–Kier alpha value is -2.82. The van der Waals surface area contributed by atoms with Crippen LogP contribution in [0.25, 0.3) is 21.9 Å². The molecule has 162 valence electrons. The summed E-state index contributed by atoms with van der Waals surface area (Å²) in [5.74, 6) is 0.0261. The first-order valence-corrected chi connectivity index (χ1v) is 11.3. The molecule has 0 aliphatic carbocycles. The maximum Gasteiger partial charge on any atom is 0.410 e. The fraction of sp³-hybridized carbons (Fsp3) is 0.462. The smallest absolute Gasteiger partial charge is 0.410 e. The molecule has 5 rings (SSSR count). The Bertz CT molecular complexity index is 1140. The molecule has 0 saturated carbocycles. The van der Waals surface area contributed by atoms with E-state index in [0.717, 1.165) is 35.6 Å². The van der Waals surface area contributed by atoms with Crippen molar-refractivity contribution in [3.63, 3.8) is 0 Å². The molecule has 2 aliphatic rings. The first-order valence-electron chi connectivity index (χ1n) is 11.3. The number of nitrogens with zero attached hydrogens (tertiary/aromatic N) is 1. The summed E-state index contributed by atoms with van der Waals surface area (Å²) in [6.07, 6.45) is 4.07. The highest BCUT2D eigenvalue weighted by Gasteiger charge is 2.44. The Labute approximate surface area is 182 Å². The fourth-order valence-electron chi connectivity index (χ4n) is 5.37. The average Bonchev–Trinajstić information content (AvgIpc) is 3.10. The topological polar surface area (TPSA) is 59.8 Å². The van der Waals surface area contributed by atoms with Crippen LogP contribution in [0.2, 0.25) is 0 Å². The Morgan fingerprint density at radius 1 is 0.968 bits per heavy atom. The number of carbonyl (C=O) groups is 2. The van der Waals surface area contributed by atoms with Crippen molar-refractivity contribution in [2.45, 2.75) is 70.6 Å². The molecule has 31 heavy (non-hydrogen) atoms. The number of ketones is 1. The lowest BCUT2D eigenvalue weighted by Gasteiger charge is -2.48. The Morgan fingerprint density at radius 3 is 2.35 bits per heavy atom. The highest BCUT2D eigenvalue weighted by molar-refractivity contribution is 6.14. The minimum absolute atomic E-state index is 0.0613. The van der Waals surface area contributed by atoms with Crippen LogP contribution in [0, 0.1) is 5.92 Å². The number of fused-ring (bicyclic) bond motifs is 5. The summed E-state index contributed by atoms with van der Waals surface area (Å²) in [5, 5.41) is 2.01. The van der Waals surface area contributed by atoms with E-state index in [2.05, 4.69) is 0 Å². The lowest BCUT2D eigenvalue weighted by Crippen LogP contribution is -2.56. The van der Waals surface area contributed by atoms with Crippen molar-refractivity contribution < 1.29 is 18.7 Å². The maximum atomic E-state index is 13.6. The number of carbonyl (C=O) groups excluding carboxylic acids is 2. The van der Waals surface area contributed by atoms with Crippen molar-refractivity contribution in [2.24, 2.45) is 5.92 Å². The number of amides is 1. The zero-order valence-corrected chi connectivity index (χ0v) is 18.4. The van der Waals surface area contributed by atoms with Gasteiger partial charge in [0.1, 0.15) is 16.8 Å². The number of furan rings is 1. The molecule has 2 saturated heterocycles. The zero-order valence-electron chi connectivity index (χ0n) is 18.4. The summed E-state index contributed by atoms with van der Waals surface area (Å²) >= 11 is 0. The Morgan fingerprint density at radius 2 is 1.65 bits per heavy atom. The van der Waals surface area contributed by atoms with Gasteiger partial charge in [-0.25, -0.2) is 4.79 Å². The van der Waals surface area contributed by atoms with Crippen LogP contribution in [0.15, 0.2) is 46.9 Å². The summed E-state index contributed by atoms with van der Waals surface area (Å²) in [4.78, 5) is 28.4. The molecule has 2 aliphatic heterocycles. The van der Waals surface area contributed by atoms with Crippen molar-refractivity contribution in [3.05, 3.63) is 48.0 Å². The molecule has 2 fully saturated rings. The van der Waals surface area contributed by atoms with Gasteiger partial charge in [-0.3, -0.25) is 4.79 Å². The van der Waals surface area contributed by atoms with Gasteiger partial charge in [0.05, 0.1) is 5.56 Å². The molecule has 2 unspecified atom stereocenters. The zero-order chi connectivity index (χ0) is 21.8. The molecule has 5 nitrogen and oxygen atoms in total. The summed E-state index contributed by atoms with van der Waals surface area (Å²) in [5.41, 5.74) is 1.61. The van der Waals surface area contributed by atoms with E-state index in [0.29, 0.717) is 24.0 Å². The third-order valence-corrected chi connectivity index (χ3v) is 6.62. The van der Waals surface area contributed by atoms with Crippen molar-refractivity contribution in [1.82, 2.24) is 4.90 Å². The Balaban J connectivity index is 1.43. The SMILES string of the molecule is CC(C)(C)OC(=O)N1C2CCCC1CC(C(=O)c1cccc3c1oc1ccccc13)C2. The average molecular weight is 420 g/mol. The lowest BCUT2D eigenvalue weighted by molar-refractivity contribution is -0.0260. The normalized spacial score (nSPS) is 23.8. The third-order valence-electron chi connectivity index (χ3n) is 6.62. The number of para-hydroxylation sites is 2. The van der Waals surface area contributed by atoms with E-state index in [1.807, 2.05) is 68.1 Å². The van der Waals surface area contributed by atoms with Gasteiger partial charge in [0.25, 0.3) is 0 Å². The van der Waals surface area contributed by atoms with Crippen LogP contribution in [0.3, 0.4) is 0 Å². The molecule has 0 radical (unpaired) electrons. The van der Waals surface area contributed by atoms with E-state index in [-0.39, 0.29) is 29.9 Å². The fourth-order valence-corrected chi connectivity index (χ4v) is 5.37. The second-order valence-corrected chi connectivity index (χ2v) is 9.94. The number of hydrogen-bond donors (Lipinski definition) is 0. The van der Waals surface area contributed by atoms with Gasteiger partial charge in [0.15, 0.2) is 5.78 Å². The number of Topliss-reactive ketones (excluding diaryl/α,β-unsaturated/α-hetero) is 1. The maximum absolute atomic E-state index is 13.6. The first-order chi connectivity index (χ1) is 14.8. The molecular weight excluding hydrogens is 390 g/mol. The van der Waals surface area contributed by atoms with E-state index in [4.69, 9.17) is 9.15 Å². The van der Waals surface area contributed by atoms with Crippen molar-refractivity contribution in [2.75, 3.05) is 0 Å². The molecule has 2 bridgehead atoms. The van der Waals surface area contributed by atoms with Gasteiger partial charge in [-0.2, -0.15) is 0 Å². The molecule has 2 aromatic carbocycles. The molecule has 3 aromatic rings.